The van der Waals surface area contributed by atoms with E-state index in [0.29, 0.717) is 23.7 Å². The van der Waals surface area contributed by atoms with Crippen LogP contribution in [0.25, 0.3) is 0 Å². The van der Waals surface area contributed by atoms with Gasteiger partial charge in [-0.05, 0) is 37.0 Å². The third kappa shape index (κ3) is 3.45. The number of nitrogens with one attached hydrogen (secondary N) is 2. The number of carbonyl (C=O) groups is 4. The number of rotatable bonds is 4. The van der Waals surface area contributed by atoms with E-state index >= 15 is 0 Å². The third-order valence-electron chi connectivity index (χ3n) is 7.41. The molecule has 1 aromatic carbocycles. The van der Waals surface area contributed by atoms with Crippen LogP contribution in [0.2, 0.25) is 0 Å². The number of likely N-dealkylation sites (tertiary alicyclic amines) is 1. The minimum Gasteiger partial charge on any atom is -0.307 e. The molecule has 0 radical (unpaired) electrons. The first-order valence-electron chi connectivity index (χ1n) is 11.8. The molecule has 0 aliphatic carbocycles. The summed E-state index contributed by atoms with van der Waals surface area (Å²) >= 11 is 0. The molecule has 4 aliphatic heterocycles. The van der Waals surface area contributed by atoms with E-state index in [1.165, 1.54) is 11.3 Å². The van der Waals surface area contributed by atoms with E-state index in [9.17, 15) is 19.2 Å². The van der Waals surface area contributed by atoms with Gasteiger partial charge in [-0.15, -0.1) is 0 Å². The van der Waals surface area contributed by atoms with Crippen LogP contribution in [0, 0.1) is 0 Å². The quantitative estimate of drug-likeness (QED) is 0.644. The lowest BCUT2D eigenvalue weighted by Gasteiger charge is -2.32. The van der Waals surface area contributed by atoms with Crippen LogP contribution in [0.4, 0.5) is 0 Å². The summed E-state index contributed by atoms with van der Waals surface area (Å²) < 4.78 is 2.19. The average Bonchev–Trinajstić information content (AvgIpc) is 3.50. The van der Waals surface area contributed by atoms with Crippen LogP contribution in [0.5, 0.6) is 0 Å². The highest BCUT2D eigenvalue weighted by atomic mass is 16.2. The predicted octanol–water partition coefficient (Wildman–Crippen LogP) is 0.725. The molecule has 10 nitrogen and oxygen atoms in total. The first-order valence-corrected chi connectivity index (χ1v) is 11.8. The summed E-state index contributed by atoms with van der Waals surface area (Å²) in [7, 11) is 0. The van der Waals surface area contributed by atoms with Gasteiger partial charge < -0.3 is 5.32 Å². The van der Waals surface area contributed by atoms with Crippen molar-refractivity contribution < 1.29 is 19.2 Å². The molecule has 4 amide bonds. The number of carbonyl (C=O) groups excluding carboxylic acids is 4. The van der Waals surface area contributed by atoms with Gasteiger partial charge in [-0.1, -0.05) is 6.07 Å². The van der Waals surface area contributed by atoms with Gasteiger partial charge in [0.2, 0.25) is 11.8 Å². The second-order valence-electron chi connectivity index (χ2n) is 9.50. The number of aromatic nitrogens is 2. The lowest BCUT2D eigenvalue weighted by Crippen LogP contribution is -2.54. The predicted molar refractivity (Wildman–Crippen MR) is 119 cm³/mol. The fourth-order valence-corrected chi connectivity index (χ4v) is 5.59. The van der Waals surface area contributed by atoms with Crippen molar-refractivity contribution in [3.05, 3.63) is 52.3 Å². The fraction of sp³-hybridized carbons (Fsp3) is 0.458. The van der Waals surface area contributed by atoms with E-state index in [2.05, 4.69) is 25.3 Å². The van der Waals surface area contributed by atoms with Crippen molar-refractivity contribution in [2.75, 3.05) is 13.1 Å². The Morgan fingerprint density at radius 3 is 2.56 bits per heavy atom. The van der Waals surface area contributed by atoms with Crippen molar-refractivity contribution >= 4 is 23.6 Å². The lowest BCUT2D eigenvalue weighted by atomic mass is 10.0. The van der Waals surface area contributed by atoms with Gasteiger partial charge in [0, 0.05) is 44.7 Å². The van der Waals surface area contributed by atoms with Crippen LogP contribution in [-0.4, -0.2) is 62.3 Å². The molecule has 0 saturated carbocycles. The molecule has 1 unspecified atom stereocenters. The molecule has 2 aromatic rings. The zero-order valence-electron chi connectivity index (χ0n) is 18.7. The van der Waals surface area contributed by atoms with E-state index in [-0.39, 0.29) is 18.7 Å². The molecule has 2 N–H and O–H groups in total. The number of benzene rings is 1. The van der Waals surface area contributed by atoms with Gasteiger partial charge in [0.25, 0.3) is 11.8 Å². The Bertz CT molecular complexity index is 1210. The fourth-order valence-electron chi connectivity index (χ4n) is 5.59. The monoisotopic (exact) mass is 462 g/mol. The summed E-state index contributed by atoms with van der Waals surface area (Å²) in [5, 5.41) is 10.2. The maximum Gasteiger partial charge on any atom is 0.262 e. The van der Waals surface area contributed by atoms with Gasteiger partial charge in [-0.25, -0.2) is 0 Å². The van der Waals surface area contributed by atoms with Crippen LogP contribution < -0.4 is 10.6 Å². The molecule has 10 heteroatoms. The summed E-state index contributed by atoms with van der Waals surface area (Å²) in [4.78, 5) is 53.0. The van der Waals surface area contributed by atoms with Gasteiger partial charge in [0.15, 0.2) is 0 Å². The number of amides is 4. The molecule has 0 bridgehead atoms. The molecule has 2 fully saturated rings. The van der Waals surface area contributed by atoms with E-state index in [0.717, 1.165) is 49.5 Å². The largest absolute Gasteiger partial charge is 0.307 e. The maximum absolute atomic E-state index is 13.1. The van der Waals surface area contributed by atoms with Gasteiger partial charge in [0.05, 0.1) is 29.1 Å². The van der Waals surface area contributed by atoms with Crippen LogP contribution in [0.1, 0.15) is 69.3 Å². The second-order valence-corrected chi connectivity index (χ2v) is 9.50. The molecule has 6 rings (SSSR count). The highest BCUT2D eigenvalue weighted by Gasteiger charge is 2.44. The van der Waals surface area contributed by atoms with Gasteiger partial charge in [0.1, 0.15) is 6.04 Å². The first-order chi connectivity index (χ1) is 16.5. The van der Waals surface area contributed by atoms with Crippen LogP contribution in [-0.2, 0) is 29.2 Å². The molecule has 1 aromatic heterocycles. The molecule has 2 saturated heterocycles. The van der Waals surface area contributed by atoms with Gasteiger partial charge in [-0.3, -0.25) is 39.0 Å². The molecular weight excluding hydrogens is 436 g/mol. The first kappa shape index (κ1) is 21.2. The zero-order valence-corrected chi connectivity index (χ0v) is 18.7. The standard InChI is InChI=1S/C24H26N6O4/c31-21-4-3-19(22(32)27-21)29-23(33)17-2-1-14(9-18(17)24(29)34)13-28-7-5-16(6-8-28)30-20-12-25-10-15(20)11-26-30/h1-2,9,11,16,19,25H,3-8,10,12-13H2,(H,27,31,32). The maximum atomic E-state index is 13.1. The minimum absolute atomic E-state index is 0.114. The Labute approximate surface area is 196 Å². The Kier molecular flexibility index (Phi) is 5.07. The summed E-state index contributed by atoms with van der Waals surface area (Å²) in [5.41, 5.74) is 4.22. The second kappa shape index (κ2) is 8.14. The van der Waals surface area contributed by atoms with E-state index in [1.807, 2.05) is 12.3 Å². The summed E-state index contributed by atoms with van der Waals surface area (Å²) in [5.74, 6) is -1.90. The van der Waals surface area contributed by atoms with Crippen molar-refractivity contribution in [1.29, 1.82) is 0 Å². The SMILES string of the molecule is O=C1CCC(N2C(=O)c3ccc(CN4CCC(n5ncc6c5CNC6)CC4)cc3C2=O)C(=O)N1. The summed E-state index contributed by atoms with van der Waals surface area (Å²) in [6.07, 6.45) is 4.28. The Balaban J connectivity index is 1.12. The van der Waals surface area contributed by atoms with Crippen LogP contribution in [0.15, 0.2) is 24.4 Å². The molecule has 176 valence electrons. The van der Waals surface area contributed by atoms with Crippen molar-refractivity contribution in [3.8, 4) is 0 Å². The van der Waals surface area contributed by atoms with Crippen LogP contribution in [0.3, 0.4) is 0 Å². The highest BCUT2D eigenvalue weighted by molar-refractivity contribution is 6.23. The number of imide groups is 2. The third-order valence-corrected chi connectivity index (χ3v) is 7.41. The molecule has 34 heavy (non-hydrogen) atoms. The number of fused-ring (bicyclic) bond motifs is 2. The van der Waals surface area contributed by atoms with Crippen molar-refractivity contribution in [3.63, 3.8) is 0 Å². The molecule has 5 heterocycles. The summed E-state index contributed by atoms with van der Waals surface area (Å²) in [6.45, 7) is 4.33. The number of hydrogen-bond donors (Lipinski definition) is 2. The molecule has 1 atom stereocenters. The lowest BCUT2D eigenvalue weighted by molar-refractivity contribution is -0.136. The zero-order chi connectivity index (χ0) is 23.4. The Hall–Kier alpha value is -3.37. The van der Waals surface area contributed by atoms with E-state index in [4.69, 9.17) is 0 Å². The van der Waals surface area contributed by atoms with Crippen LogP contribution >= 0.6 is 0 Å². The normalized spacial score (nSPS) is 23.4. The number of hydrogen-bond acceptors (Lipinski definition) is 7. The van der Waals surface area contributed by atoms with E-state index < -0.39 is 23.8 Å². The van der Waals surface area contributed by atoms with Gasteiger partial charge >= 0.3 is 0 Å². The van der Waals surface area contributed by atoms with E-state index in [1.54, 1.807) is 12.1 Å². The highest BCUT2D eigenvalue weighted by Crippen LogP contribution is 2.30. The number of nitrogens with zero attached hydrogens (tertiary/aromatic N) is 4. The Morgan fingerprint density at radius 1 is 0.971 bits per heavy atom. The minimum atomic E-state index is -0.938. The van der Waals surface area contributed by atoms with Gasteiger partial charge in [-0.2, -0.15) is 5.10 Å². The average molecular weight is 463 g/mol. The van der Waals surface area contributed by atoms with Crippen molar-refractivity contribution in [2.24, 2.45) is 0 Å². The molecule has 0 spiro atoms. The number of piperidine rings is 2. The Morgan fingerprint density at radius 2 is 1.76 bits per heavy atom. The molecule has 4 aliphatic rings. The smallest absolute Gasteiger partial charge is 0.262 e. The van der Waals surface area contributed by atoms with Crippen molar-refractivity contribution in [2.45, 2.75) is 57.4 Å². The van der Waals surface area contributed by atoms with Crippen molar-refractivity contribution in [1.82, 2.24) is 30.2 Å². The topological polar surface area (TPSA) is 117 Å². The molecular formula is C24H26N6O4. The summed E-state index contributed by atoms with van der Waals surface area (Å²) in [6, 6.07) is 4.81.